The van der Waals surface area contributed by atoms with Crippen LogP contribution in [-0.4, -0.2) is 47.4 Å². The van der Waals surface area contributed by atoms with Crippen LogP contribution in [0.1, 0.15) is 0 Å². The van der Waals surface area contributed by atoms with Crippen molar-refractivity contribution in [2.75, 3.05) is 13.1 Å². The molecule has 1 unspecified atom stereocenters. The number of fused-ring (bicyclic) bond motifs is 3. The van der Waals surface area contributed by atoms with Gasteiger partial charge in [0.05, 0.1) is 22.9 Å². The molecular weight excluding hydrogens is 446 g/mol. The van der Waals surface area contributed by atoms with Crippen molar-refractivity contribution in [3.8, 4) is 0 Å². The lowest BCUT2D eigenvalue weighted by molar-refractivity contribution is -0.385. The SMILES string of the molecule is O=C1CN(S(=O)(=O)c2cccc([N+](=O)[O-])c2)CC(Cn2c3ccccc3c3ccccc32)O1. The Morgan fingerprint density at radius 2 is 1.61 bits per heavy atom. The second-order valence-electron chi connectivity index (χ2n) is 7.81. The quantitative estimate of drug-likeness (QED) is 0.254. The normalized spacial score (nSPS) is 17.3. The van der Waals surface area contributed by atoms with Crippen molar-refractivity contribution in [1.29, 1.82) is 0 Å². The average molecular weight is 465 g/mol. The summed E-state index contributed by atoms with van der Waals surface area (Å²) in [6.45, 7) is -0.243. The number of ether oxygens (including phenoxy) is 1. The van der Waals surface area contributed by atoms with E-state index in [0.717, 1.165) is 32.2 Å². The number of rotatable bonds is 5. The molecule has 5 rings (SSSR count). The molecule has 1 aliphatic heterocycles. The third-order valence-corrected chi connectivity index (χ3v) is 7.55. The summed E-state index contributed by atoms with van der Waals surface area (Å²) in [5.41, 5.74) is 1.57. The highest BCUT2D eigenvalue weighted by Crippen LogP contribution is 2.30. The number of carbonyl (C=O) groups excluding carboxylic acids is 1. The second kappa shape index (κ2) is 7.98. The van der Waals surface area contributed by atoms with Crippen molar-refractivity contribution in [2.45, 2.75) is 17.5 Å². The maximum absolute atomic E-state index is 13.2. The van der Waals surface area contributed by atoms with Gasteiger partial charge in [0.15, 0.2) is 0 Å². The van der Waals surface area contributed by atoms with Crippen molar-refractivity contribution in [3.05, 3.63) is 82.9 Å². The molecule has 0 bridgehead atoms. The van der Waals surface area contributed by atoms with Gasteiger partial charge in [-0.1, -0.05) is 42.5 Å². The van der Waals surface area contributed by atoms with Crippen LogP contribution >= 0.6 is 0 Å². The van der Waals surface area contributed by atoms with Gasteiger partial charge in [-0.25, -0.2) is 8.42 Å². The minimum atomic E-state index is -4.13. The van der Waals surface area contributed by atoms with E-state index in [4.69, 9.17) is 4.74 Å². The zero-order valence-corrected chi connectivity index (χ0v) is 18.1. The molecule has 0 amide bonds. The lowest BCUT2D eigenvalue weighted by Crippen LogP contribution is -2.49. The van der Waals surface area contributed by atoms with E-state index in [1.165, 1.54) is 18.2 Å². The molecule has 0 aliphatic carbocycles. The number of hydrogen-bond acceptors (Lipinski definition) is 6. The van der Waals surface area contributed by atoms with Crippen molar-refractivity contribution in [3.63, 3.8) is 0 Å². The number of hydrogen-bond donors (Lipinski definition) is 0. The largest absolute Gasteiger partial charge is 0.458 e. The van der Waals surface area contributed by atoms with E-state index >= 15 is 0 Å². The summed E-state index contributed by atoms with van der Waals surface area (Å²) >= 11 is 0. The van der Waals surface area contributed by atoms with Gasteiger partial charge in [-0.2, -0.15) is 4.31 Å². The van der Waals surface area contributed by atoms with Crippen molar-refractivity contribution < 1.29 is 22.9 Å². The summed E-state index contributed by atoms with van der Waals surface area (Å²) in [5.74, 6) is -0.666. The number of carbonyl (C=O) groups is 1. The summed E-state index contributed by atoms with van der Waals surface area (Å²) < 4.78 is 34.9. The van der Waals surface area contributed by atoms with Gasteiger partial charge in [0, 0.05) is 33.9 Å². The molecule has 1 aromatic heterocycles. The van der Waals surface area contributed by atoms with Crippen LogP contribution in [0.5, 0.6) is 0 Å². The Kier molecular flexibility index (Phi) is 5.10. The standard InChI is InChI=1S/C23H19N3O6S/c27-23-15-24(33(30,31)18-7-5-6-16(12-18)26(28)29)13-17(32-23)14-25-21-10-3-1-8-19(21)20-9-2-4-11-22(20)25/h1-12,17H,13-15H2. The van der Waals surface area contributed by atoms with E-state index in [9.17, 15) is 23.3 Å². The van der Waals surface area contributed by atoms with Gasteiger partial charge in [0.25, 0.3) is 5.69 Å². The van der Waals surface area contributed by atoms with Crippen LogP contribution in [0, 0.1) is 10.1 Å². The molecule has 0 N–H and O–H groups in total. The van der Waals surface area contributed by atoms with E-state index in [1.54, 1.807) is 0 Å². The highest BCUT2D eigenvalue weighted by molar-refractivity contribution is 7.89. The minimum Gasteiger partial charge on any atom is -0.458 e. The number of non-ortho nitro benzene ring substituents is 1. The number of sulfonamides is 1. The van der Waals surface area contributed by atoms with Gasteiger partial charge in [-0.3, -0.25) is 14.9 Å². The molecule has 168 valence electrons. The Balaban J connectivity index is 1.49. The van der Waals surface area contributed by atoms with Gasteiger partial charge in [-0.15, -0.1) is 0 Å². The predicted molar refractivity (Wildman–Crippen MR) is 121 cm³/mol. The van der Waals surface area contributed by atoms with Gasteiger partial charge in [0.2, 0.25) is 10.0 Å². The molecule has 0 spiro atoms. The van der Waals surface area contributed by atoms with E-state index in [-0.39, 0.29) is 23.7 Å². The summed E-state index contributed by atoms with van der Waals surface area (Å²) in [4.78, 5) is 22.5. The lowest BCUT2D eigenvalue weighted by atomic mass is 10.2. The van der Waals surface area contributed by atoms with E-state index in [0.29, 0.717) is 0 Å². The Morgan fingerprint density at radius 3 is 2.24 bits per heavy atom. The second-order valence-corrected chi connectivity index (χ2v) is 9.75. The fourth-order valence-corrected chi connectivity index (χ4v) is 5.74. The number of nitro benzene ring substituents is 1. The molecule has 0 radical (unpaired) electrons. The van der Waals surface area contributed by atoms with Gasteiger partial charge in [0.1, 0.15) is 12.6 Å². The smallest absolute Gasteiger partial charge is 0.321 e. The monoisotopic (exact) mass is 465 g/mol. The maximum atomic E-state index is 13.2. The summed E-state index contributed by atoms with van der Waals surface area (Å²) in [7, 11) is -4.13. The van der Waals surface area contributed by atoms with Crippen molar-refractivity contribution in [1.82, 2.24) is 8.87 Å². The molecule has 1 atom stereocenters. The van der Waals surface area contributed by atoms with Gasteiger partial charge >= 0.3 is 5.97 Å². The molecule has 10 heteroatoms. The number of para-hydroxylation sites is 2. The maximum Gasteiger partial charge on any atom is 0.321 e. The number of cyclic esters (lactones) is 1. The van der Waals surface area contributed by atoms with Crippen molar-refractivity contribution >= 4 is 43.5 Å². The average Bonchev–Trinajstić information content (AvgIpc) is 3.13. The van der Waals surface area contributed by atoms with Crippen molar-refractivity contribution in [2.24, 2.45) is 0 Å². The number of morpholine rings is 1. The molecular formula is C23H19N3O6S. The Bertz CT molecular complexity index is 1460. The molecule has 4 aromatic rings. The molecule has 1 aliphatic rings. The molecule has 3 aromatic carbocycles. The summed E-state index contributed by atoms with van der Waals surface area (Å²) in [6.07, 6.45) is -0.723. The molecule has 0 saturated carbocycles. The number of nitro groups is 1. The van der Waals surface area contributed by atoms with Gasteiger partial charge < -0.3 is 9.30 Å². The molecule has 2 heterocycles. The van der Waals surface area contributed by atoms with Gasteiger partial charge in [-0.05, 0) is 18.2 Å². The molecule has 9 nitrogen and oxygen atoms in total. The summed E-state index contributed by atoms with van der Waals surface area (Å²) in [5, 5.41) is 13.2. The molecule has 33 heavy (non-hydrogen) atoms. The van der Waals surface area contributed by atoms with Crippen LogP contribution in [-0.2, 0) is 26.1 Å². The first kappa shape index (κ1) is 21.1. The first-order chi connectivity index (χ1) is 15.8. The van der Waals surface area contributed by atoms with Crippen LogP contribution in [0.3, 0.4) is 0 Å². The van der Waals surface area contributed by atoms with E-state index < -0.39 is 33.6 Å². The van der Waals surface area contributed by atoms with Crippen LogP contribution in [0.15, 0.2) is 77.7 Å². The third kappa shape index (κ3) is 3.73. The molecule has 1 saturated heterocycles. The molecule has 1 fully saturated rings. The minimum absolute atomic E-state index is 0.0579. The lowest BCUT2D eigenvalue weighted by Gasteiger charge is -2.31. The number of aromatic nitrogens is 1. The van der Waals surface area contributed by atoms with Crippen LogP contribution in [0.2, 0.25) is 0 Å². The fourth-order valence-electron chi connectivity index (χ4n) is 4.28. The summed E-state index contributed by atoms with van der Waals surface area (Å²) in [6, 6.07) is 20.5. The van der Waals surface area contributed by atoms with Crippen LogP contribution in [0.25, 0.3) is 21.8 Å². The van der Waals surface area contributed by atoms with E-state index in [2.05, 4.69) is 0 Å². The Hall–Kier alpha value is -3.76. The third-order valence-electron chi connectivity index (χ3n) is 5.74. The zero-order chi connectivity index (χ0) is 23.2. The first-order valence-electron chi connectivity index (χ1n) is 10.2. The highest BCUT2D eigenvalue weighted by Gasteiger charge is 2.36. The van der Waals surface area contributed by atoms with E-state index in [1.807, 2.05) is 53.1 Å². The fraction of sp³-hybridized carbons (Fsp3) is 0.174. The Morgan fingerprint density at radius 1 is 0.970 bits per heavy atom. The van der Waals surface area contributed by atoms with Crippen LogP contribution < -0.4 is 0 Å². The predicted octanol–water partition coefficient (Wildman–Crippen LogP) is 3.32. The topological polar surface area (TPSA) is 112 Å². The Labute approximate surface area is 189 Å². The van der Waals surface area contributed by atoms with Crippen LogP contribution in [0.4, 0.5) is 5.69 Å². The number of benzene rings is 3. The zero-order valence-electron chi connectivity index (χ0n) is 17.3. The highest BCUT2D eigenvalue weighted by atomic mass is 32.2. The number of nitrogens with zero attached hydrogens (tertiary/aromatic N) is 3. The number of esters is 1. The first-order valence-corrected chi connectivity index (χ1v) is 11.7.